The number of carbonyl (C=O) groups is 3. The van der Waals surface area contributed by atoms with Crippen molar-refractivity contribution in [3.8, 4) is 17.2 Å². The Bertz CT molecular complexity index is 1080. The highest BCUT2D eigenvalue weighted by molar-refractivity contribution is 6.12. The topological polar surface area (TPSA) is 120 Å². The number of nitrogens with one attached hydrogen (secondary N) is 1. The first-order valence-corrected chi connectivity index (χ1v) is 11.6. The first-order chi connectivity index (χ1) is 16.6. The Kier molecular flexibility index (Phi) is 7.77. The third-order valence-corrected chi connectivity index (χ3v) is 6.68. The summed E-state index contributed by atoms with van der Waals surface area (Å²) >= 11 is 0. The zero-order valence-corrected chi connectivity index (χ0v) is 21.2. The van der Waals surface area contributed by atoms with E-state index in [2.05, 4.69) is 5.32 Å². The molecular formula is C26H33NO8. The number of phenolic OH excluding ortho intramolecular Hbond substituents is 1. The molecule has 2 N–H and O–H groups in total. The van der Waals surface area contributed by atoms with E-state index in [4.69, 9.17) is 18.9 Å². The lowest BCUT2D eigenvalue weighted by Crippen LogP contribution is -2.43. The van der Waals surface area contributed by atoms with E-state index in [0.29, 0.717) is 29.8 Å². The van der Waals surface area contributed by atoms with Crippen molar-refractivity contribution in [1.29, 1.82) is 0 Å². The number of esters is 2. The molecule has 3 rings (SSSR count). The van der Waals surface area contributed by atoms with Crippen LogP contribution in [0.2, 0.25) is 0 Å². The van der Waals surface area contributed by atoms with Gasteiger partial charge >= 0.3 is 11.9 Å². The van der Waals surface area contributed by atoms with Gasteiger partial charge in [-0.1, -0.05) is 13.8 Å². The number of hydrogen-bond donors (Lipinski definition) is 2. The third-order valence-electron chi connectivity index (χ3n) is 6.68. The lowest BCUT2D eigenvalue weighted by Gasteiger charge is -2.38. The van der Waals surface area contributed by atoms with Gasteiger partial charge in [0.25, 0.3) is 0 Å². The highest BCUT2D eigenvalue weighted by atomic mass is 16.5. The second-order valence-corrected chi connectivity index (χ2v) is 8.93. The molecule has 0 fully saturated rings. The molecule has 0 bridgehead atoms. The number of aromatic hydroxyl groups is 1. The van der Waals surface area contributed by atoms with Crippen molar-refractivity contribution in [3.05, 3.63) is 40.2 Å². The summed E-state index contributed by atoms with van der Waals surface area (Å²) in [7, 11) is 4.04. The van der Waals surface area contributed by atoms with E-state index in [1.165, 1.54) is 21.3 Å². The molecular weight excluding hydrogens is 454 g/mol. The van der Waals surface area contributed by atoms with Crippen molar-refractivity contribution in [2.24, 2.45) is 11.8 Å². The van der Waals surface area contributed by atoms with Gasteiger partial charge in [0.1, 0.15) is 5.92 Å². The zero-order chi connectivity index (χ0) is 26.0. The molecule has 2 aliphatic rings. The van der Waals surface area contributed by atoms with Gasteiger partial charge in [0.05, 0.1) is 33.0 Å². The molecule has 190 valence electrons. The third kappa shape index (κ3) is 4.72. The average molecular weight is 488 g/mol. The Labute approximate surface area is 205 Å². The molecule has 35 heavy (non-hydrogen) atoms. The number of rotatable bonds is 7. The van der Waals surface area contributed by atoms with Gasteiger partial charge in [0.2, 0.25) is 5.75 Å². The van der Waals surface area contributed by atoms with Crippen molar-refractivity contribution in [2.75, 3.05) is 21.3 Å². The summed E-state index contributed by atoms with van der Waals surface area (Å²) in [5, 5.41) is 13.7. The van der Waals surface area contributed by atoms with Crippen LogP contribution in [0.4, 0.5) is 0 Å². The molecule has 9 heteroatoms. The maximum absolute atomic E-state index is 13.8. The normalized spacial score (nSPS) is 22.7. The maximum Gasteiger partial charge on any atom is 0.337 e. The summed E-state index contributed by atoms with van der Waals surface area (Å²) in [5.74, 6) is -3.77. The molecule has 0 unspecified atom stereocenters. The van der Waals surface area contributed by atoms with E-state index in [1.54, 1.807) is 26.0 Å². The average Bonchev–Trinajstić information content (AvgIpc) is 2.82. The molecule has 0 saturated carbocycles. The number of carbonyl (C=O) groups excluding carboxylic acids is 3. The van der Waals surface area contributed by atoms with Crippen molar-refractivity contribution in [1.82, 2.24) is 5.32 Å². The highest BCUT2D eigenvalue weighted by Gasteiger charge is 2.47. The Morgan fingerprint density at radius 1 is 1.17 bits per heavy atom. The Morgan fingerprint density at radius 3 is 2.29 bits per heavy atom. The molecule has 1 aliphatic carbocycles. The molecule has 9 nitrogen and oxygen atoms in total. The van der Waals surface area contributed by atoms with Crippen LogP contribution in [0.15, 0.2) is 34.7 Å². The minimum atomic E-state index is -1.01. The number of dihydropyridines is 1. The van der Waals surface area contributed by atoms with E-state index < -0.39 is 29.6 Å². The van der Waals surface area contributed by atoms with Crippen molar-refractivity contribution >= 4 is 17.7 Å². The minimum absolute atomic E-state index is 0.119. The SMILES string of the molecule is CC[C@@H](C)OC(=O)C1=C(C)NC2=C(C(=O)[C@H](C(=O)OC)[C@@H](C)C2)[C@@H]1c1cc(OC)c(O)c(OC)c1. The monoisotopic (exact) mass is 487 g/mol. The smallest absolute Gasteiger partial charge is 0.337 e. The first-order valence-electron chi connectivity index (χ1n) is 11.6. The van der Waals surface area contributed by atoms with Gasteiger partial charge < -0.3 is 29.4 Å². The lowest BCUT2D eigenvalue weighted by molar-refractivity contribution is -0.151. The van der Waals surface area contributed by atoms with Crippen LogP contribution in [-0.4, -0.2) is 50.3 Å². The number of phenols is 1. The van der Waals surface area contributed by atoms with E-state index in [9.17, 15) is 19.5 Å². The van der Waals surface area contributed by atoms with Crippen LogP contribution in [0.3, 0.4) is 0 Å². The number of benzene rings is 1. The lowest BCUT2D eigenvalue weighted by atomic mass is 9.69. The quantitative estimate of drug-likeness (QED) is 0.440. The molecule has 1 aromatic rings. The van der Waals surface area contributed by atoms with E-state index >= 15 is 0 Å². The van der Waals surface area contributed by atoms with Crippen LogP contribution < -0.4 is 14.8 Å². The van der Waals surface area contributed by atoms with E-state index in [1.807, 2.05) is 13.8 Å². The fourth-order valence-corrected chi connectivity index (χ4v) is 4.69. The Morgan fingerprint density at radius 2 is 1.77 bits per heavy atom. The number of hydrogen-bond acceptors (Lipinski definition) is 9. The van der Waals surface area contributed by atoms with Gasteiger partial charge in [0, 0.05) is 22.9 Å². The van der Waals surface area contributed by atoms with Gasteiger partial charge in [-0.2, -0.15) is 0 Å². The highest BCUT2D eigenvalue weighted by Crippen LogP contribution is 2.48. The summed E-state index contributed by atoms with van der Waals surface area (Å²) < 4.78 is 21.2. The molecule has 0 radical (unpaired) electrons. The number of ether oxygens (including phenoxy) is 4. The molecule has 1 heterocycles. The van der Waals surface area contributed by atoms with Crippen molar-refractivity contribution in [3.63, 3.8) is 0 Å². The Hall–Kier alpha value is -3.49. The second-order valence-electron chi connectivity index (χ2n) is 8.93. The number of Topliss-reactive ketones (excluding diaryl/α,β-unsaturated/α-hetero) is 1. The first kappa shape index (κ1) is 26.1. The van der Waals surface area contributed by atoms with E-state index in [0.717, 1.165) is 0 Å². The van der Waals surface area contributed by atoms with E-state index in [-0.39, 0.29) is 40.4 Å². The second kappa shape index (κ2) is 10.4. The van der Waals surface area contributed by atoms with Gasteiger partial charge in [-0.05, 0) is 50.3 Å². The largest absolute Gasteiger partial charge is 0.502 e. The molecule has 1 aromatic carbocycles. The van der Waals surface area contributed by atoms with Crippen LogP contribution in [-0.2, 0) is 23.9 Å². The fraction of sp³-hybridized carbons (Fsp3) is 0.500. The van der Waals surface area contributed by atoms with Crippen molar-refractivity contribution in [2.45, 2.75) is 52.6 Å². The minimum Gasteiger partial charge on any atom is -0.502 e. The number of ketones is 1. The van der Waals surface area contributed by atoms with Gasteiger partial charge in [-0.25, -0.2) is 4.79 Å². The molecule has 0 aromatic heterocycles. The molecule has 0 saturated heterocycles. The molecule has 1 aliphatic heterocycles. The van der Waals surface area contributed by atoms with Crippen molar-refractivity contribution < 1.29 is 38.4 Å². The molecule has 0 spiro atoms. The number of allylic oxidation sites excluding steroid dienone is 3. The van der Waals surface area contributed by atoms with Crippen LogP contribution in [0.5, 0.6) is 17.2 Å². The standard InChI is InChI=1S/C26H33NO8/c1-8-13(3)35-26(31)20-14(4)27-16-9-12(2)19(25(30)34-7)24(29)22(16)21(20)15-10-17(32-5)23(28)18(11-15)33-6/h10-13,19,21,27-28H,8-9H2,1-7H3/t12-,13+,19+,21+/m0/s1. The predicted molar refractivity (Wildman–Crippen MR) is 127 cm³/mol. The zero-order valence-electron chi connectivity index (χ0n) is 21.2. The molecule has 4 atom stereocenters. The Balaban J connectivity index is 2.27. The molecule has 0 amide bonds. The fourth-order valence-electron chi connectivity index (χ4n) is 4.69. The van der Waals surface area contributed by atoms with Crippen LogP contribution in [0.1, 0.15) is 52.0 Å². The maximum atomic E-state index is 13.8. The van der Waals surface area contributed by atoms with Crippen LogP contribution in [0.25, 0.3) is 0 Å². The van der Waals surface area contributed by atoms with Gasteiger partial charge in [0.15, 0.2) is 17.3 Å². The number of methoxy groups -OCH3 is 3. The van der Waals surface area contributed by atoms with Gasteiger partial charge in [-0.15, -0.1) is 0 Å². The summed E-state index contributed by atoms with van der Waals surface area (Å²) in [5.41, 5.74) is 2.19. The summed E-state index contributed by atoms with van der Waals surface area (Å²) in [6, 6.07) is 3.11. The summed E-state index contributed by atoms with van der Waals surface area (Å²) in [6.07, 6.45) is 0.688. The van der Waals surface area contributed by atoms with Gasteiger partial charge in [-0.3, -0.25) is 9.59 Å². The van der Waals surface area contributed by atoms with Crippen LogP contribution in [0, 0.1) is 11.8 Å². The predicted octanol–water partition coefficient (Wildman–Crippen LogP) is 3.36. The summed E-state index contributed by atoms with van der Waals surface area (Å²) in [4.78, 5) is 39.7. The summed E-state index contributed by atoms with van der Waals surface area (Å²) in [6.45, 7) is 7.26. The van der Waals surface area contributed by atoms with Crippen LogP contribution >= 0.6 is 0 Å².